The second-order valence-corrected chi connectivity index (χ2v) is 8.23. The zero-order valence-corrected chi connectivity index (χ0v) is 17.0. The van der Waals surface area contributed by atoms with Crippen LogP contribution in [0.4, 0.5) is 19.0 Å². The van der Waals surface area contributed by atoms with Gasteiger partial charge in [0.25, 0.3) is 0 Å². The summed E-state index contributed by atoms with van der Waals surface area (Å²) in [6, 6.07) is 9.46. The van der Waals surface area contributed by atoms with Crippen LogP contribution in [-0.4, -0.2) is 53.1 Å². The Kier molecular flexibility index (Phi) is 6.53. The molecule has 4 heterocycles. The van der Waals surface area contributed by atoms with Gasteiger partial charge in [0.05, 0.1) is 11.3 Å². The number of anilines is 1. The molecule has 2 aliphatic rings. The Labute approximate surface area is 175 Å². The number of piperidine rings is 2. The second-order valence-electron chi connectivity index (χ2n) is 8.23. The largest absolute Gasteiger partial charge is 0.417 e. The van der Waals surface area contributed by atoms with E-state index in [-0.39, 0.29) is 0 Å². The zero-order valence-electron chi connectivity index (χ0n) is 17.0. The number of hydrogen-bond donors (Lipinski definition) is 1. The lowest BCUT2D eigenvalue weighted by Crippen LogP contribution is -2.52. The maximum absolute atomic E-state index is 12.8. The van der Waals surface area contributed by atoms with E-state index in [1.807, 2.05) is 18.3 Å². The minimum absolute atomic E-state index is 0.343. The molecule has 0 saturated carbocycles. The molecular weight excluding hydrogens is 391 g/mol. The number of pyridine rings is 2. The Bertz CT molecular complexity index is 789. The Hall–Kier alpha value is -2.19. The molecule has 2 aromatic heterocycles. The van der Waals surface area contributed by atoms with E-state index in [0.717, 1.165) is 76.4 Å². The Morgan fingerprint density at radius 2 is 1.80 bits per heavy atom. The molecule has 8 heteroatoms. The summed E-state index contributed by atoms with van der Waals surface area (Å²) in [4.78, 5) is 13.0. The number of nitrogens with one attached hydrogen (secondary N) is 1. The molecule has 162 valence electrons. The van der Waals surface area contributed by atoms with Gasteiger partial charge in [-0.2, -0.15) is 13.2 Å². The zero-order chi connectivity index (χ0) is 21.0. The molecule has 0 spiro atoms. The predicted octanol–water partition coefficient (Wildman–Crippen LogP) is 3.72. The van der Waals surface area contributed by atoms with Crippen molar-refractivity contribution in [3.8, 4) is 0 Å². The first-order valence-electron chi connectivity index (χ1n) is 10.6. The first-order valence-corrected chi connectivity index (χ1v) is 10.6. The number of hydrogen-bond acceptors (Lipinski definition) is 5. The van der Waals surface area contributed by atoms with Crippen LogP contribution < -0.4 is 10.2 Å². The minimum atomic E-state index is -4.34. The smallest absolute Gasteiger partial charge is 0.355 e. The van der Waals surface area contributed by atoms with Crippen molar-refractivity contribution in [1.29, 1.82) is 0 Å². The molecule has 2 aliphatic heterocycles. The highest BCUT2D eigenvalue weighted by Gasteiger charge is 2.31. The molecular formula is C22H28F3N5. The normalized spacial score (nSPS) is 21.7. The summed E-state index contributed by atoms with van der Waals surface area (Å²) in [7, 11) is 0. The summed E-state index contributed by atoms with van der Waals surface area (Å²) in [6.07, 6.45) is 2.73. The summed E-state index contributed by atoms with van der Waals surface area (Å²) in [5, 5.41) is 3.79. The molecule has 30 heavy (non-hydrogen) atoms. The van der Waals surface area contributed by atoms with Gasteiger partial charge in [-0.3, -0.25) is 9.88 Å². The Balaban J connectivity index is 1.25. The summed E-state index contributed by atoms with van der Waals surface area (Å²) < 4.78 is 38.3. The third kappa shape index (κ3) is 5.49. The second kappa shape index (κ2) is 9.31. The van der Waals surface area contributed by atoms with Crippen molar-refractivity contribution in [2.24, 2.45) is 0 Å². The SMILES string of the molecule is FC(F)(F)c1ccc(N2CCC[C@@H](NC3CCN(Cc4ccccn4)CC3)C2)nc1. The van der Waals surface area contributed by atoms with Gasteiger partial charge >= 0.3 is 6.18 Å². The van der Waals surface area contributed by atoms with Crippen LogP contribution >= 0.6 is 0 Å². The van der Waals surface area contributed by atoms with Gasteiger partial charge in [-0.1, -0.05) is 6.07 Å². The topological polar surface area (TPSA) is 44.3 Å². The standard InChI is InChI=1S/C22H28F3N5/c23-22(24,25)17-6-7-21(27-14-17)30-11-3-5-20(16-30)28-18-8-12-29(13-9-18)15-19-4-1-2-10-26-19/h1-2,4,6-7,10,14,18,20,28H,3,5,8-9,11-13,15-16H2/t20-/m1/s1. The molecule has 2 saturated heterocycles. The van der Waals surface area contributed by atoms with Crippen molar-refractivity contribution in [1.82, 2.24) is 20.2 Å². The first kappa shape index (κ1) is 21.1. The third-order valence-corrected chi connectivity index (χ3v) is 5.99. The van der Waals surface area contributed by atoms with Crippen molar-refractivity contribution in [3.05, 3.63) is 54.0 Å². The molecule has 5 nitrogen and oxygen atoms in total. The average molecular weight is 419 g/mol. The summed E-state index contributed by atoms with van der Waals surface area (Å²) in [5.41, 5.74) is 0.409. The van der Waals surface area contributed by atoms with Gasteiger partial charge < -0.3 is 10.2 Å². The van der Waals surface area contributed by atoms with Gasteiger partial charge in [0.2, 0.25) is 0 Å². The molecule has 0 bridgehead atoms. The van der Waals surface area contributed by atoms with Crippen LogP contribution in [0.1, 0.15) is 36.9 Å². The van der Waals surface area contributed by atoms with Gasteiger partial charge in [-0.15, -0.1) is 0 Å². The van der Waals surface area contributed by atoms with E-state index in [9.17, 15) is 13.2 Å². The van der Waals surface area contributed by atoms with E-state index < -0.39 is 11.7 Å². The summed E-state index contributed by atoms with van der Waals surface area (Å²) in [6.45, 7) is 4.60. The van der Waals surface area contributed by atoms with Crippen LogP contribution in [0.15, 0.2) is 42.7 Å². The quantitative estimate of drug-likeness (QED) is 0.800. The van der Waals surface area contributed by atoms with Gasteiger partial charge in [0.15, 0.2) is 0 Å². The van der Waals surface area contributed by atoms with E-state index in [0.29, 0.717) is 17.9 Å². The van der Waals surface area contributed by atoms with E-state index in [1.165, 1.54) is 6.07 Å². The number of alkyl halides is 3. The van der Waals surface area contributed by atoms with E-state index >= 15 is 0 Å². The van der Waals surface area contributed by atoms with Gasteiger partial charge in [0, 0.05) is 57.2 Å². The fourth-order valence-electron chi connectivity index (χ4n) is 4.37. The van der Waals surface area contributed by atoms with Crippen LogP contribution in [0.25, 0.3) is 0 Å². The number of halogens is 3. The van der Waals surface area contributed by atoms with Gasteiger partial charge in [-0.25, -0.2) is 4.98 Å². The maximum Gasteiger partial charge on any atom is 0.417 e. The lowest BCUT2D eigenvalue weighted by Gasteiger charge is -2.38. The highest BCUT2D eigenvalue weighted by atomic mass is 19.4. The summed E-state index contributed by atoms with van der Waals surface area (Å²) >= 11 is 0. The van der Waals surface area contributed by atoms with Crippen LogP contribution in [0, 0.1) is 0 Å². The van der Waals surface area contributed by atoms with E-state index in [4.69, 9.17) is 0 Å². The fourth-order valence-corrected chi connectivity index (χ4v) is 4.37. The fraction of sp³-hybridized carbons (Fsp3) is 0.545. The molecule has 0 aliphatic carbocycles. The van der Waals surface area contributed by atoms with Crippen molar-refractivity contribution >= 4 is 5.82 Å². The molecule has 1 N–H and O–H groups in total. The highest BCUT2D eigenvalue weighted by molar-refractivity contribution is 5.40. The van der Waals surface area contributed by atoms with Gasteiger partial charge in [0.1, 0.15) is 5.82 Å². The average Bonchev–Trinajstić information content (AvgIpc) is 2.76. The molecule has 4 rings (SSSR count). The lowest BCUT2D eigenvalue weighted by atomic mass is 10.00. The monoisotopic (exact) mass is 419 g/mol. The minimum Gasteiger partial charge on any atom is -0.355 e. The summed E-state index contributed by atoms with van der Waals surface area (Å²) in [5.74, 6) is 0.625. The number of aromatic nitrogens is 2. The van der Waals surface area contributed by atoms with Crippen molar-refractivity contribution in [2.75, 3.05) is 31.1 Å². The lowest BCUT2D eigenvalue weighted by molar-refractivity contribution is -0.137. The highest BCUT2D eigenvalue weighted by Crippen LogP contribution is 2.30. The predicted molar refractivity (Wildman–Crippen MR) is 110 cm³/mol. The van der Waals surface area contributed by atoms with Crippen LogP contribution in [0.5, 0.6) is 0 Å². The number of rotatable bonds is 5. The molecule has 0 aromatic carbocycles. The maximum atomic E-state index is 12.8. The molecule has 2 fully saturated rings. The van der Waals surface area contributed by atoms with Crippen LogP contribution in [0.3, 0.4) is 0 Å². The van der Waals surface area contributed by atoms with Crippen molar-refractivity contribution in [2.45, 2.75) is 50.5 Å². The van der Waals surface area contributed by atoms with Crippen LogP contribution in [-0.2, 0) is 12.7 Å². The Morgan fingerprint density at radius 3 is 2.47 bits per heavy atom. The third-order valence-electron chi connectivity index (χ3n) is 5.99. The number of likely N-dealkylation sites (tertiary alicyclic amines) is 1. The number of nitrogens with zero attached hydrogens (tertiary/aromatic N) is 4. The molecule has 0 amide bonds. The van der Waals surface area contributed by atoms with Crippen LogP contribution in [0.2, 0.25) is 0 Å². The van der Waals surface area contributed by atoms with E-state index in [2.05, 4.69) is 31.2 Å². The van der Waals surface area contributed by atoms with Crippen molar-refractivity contribution in [3.63, 3.8) is 0 Å². The molecule has 1 atom stereocenters. The van der Waals surface area contributed by atoms with Crippen molar-refractivity contribution < 1.29 is 13.2 Å². The van der Waals surface area contributed by atoms with E-state index in [1.54, 1.807) is 0 Å². The molecule has 0 radical (unpaired) electrons. The Morgan fingerprint density at radius 1 is 0.967 bits per heavy atom. The first-order chi connectivity index (χ1) is 14.5. The van der Waals surface area contributed by atoms with Gasteiger partial charge in [-0.05, 0) is 49.9 Å². The molecule has 0 unspecified atom stereocenters. The molecule has 2 aromatic rings.